The molecule has 0 spiro atoms. The van der Waals surface area contributed by atoms with Gasteiger partial charge in [-0.1, -0.05) is 17.3 Å². The zero-order chi connectivity index (χ0) is 20.8. The molecular formula is C20H23N3O6. The highest BCUT2D eigenvalue weighted by Gasteiger charge is 2.22. The number of nitro groups is 1. The van der Waals surface area contributed by atoms with E-state index in [1.54, 1.807) is 29.2 Å². The van der Waals surface area contributed by atoms with Gasteiger partial charge in [-0.3, -0.25) is 14.9 Å². The van der Waals surface area contributed by atoms with Crippen LogP contribution in [-0.4, -0.2) is 47.2 Å². The standard InChI is InChI=1S/C20H23N3O6/c1-3-27-18-12-15(7-9-17-20(23(25)26)14(2)21-29-17)6-8-16(18)28-13-19(24)22-10-4-5-11-22/h6-9,12H,3-5,10-11,13H2,1-2H3. The van der Waals surface area contributed by atoms with Crippen molar-refractivity contribution < 1.29 is 23.7 Å². The lowest BCUT2D eigenvalue weighted by atomic mass is 10.1. The summed E-state index contributed by atoms with van der Waals surface area (Å²) in [6.45, 7) is 5.30. The van der Waals surface area contributed by atoms with E-state index in [2.05, 4.69) is 5.16 Å². The minimum absolute atomic E-state index is 0.0399. The quantitative estimate of drug-likeness (QED) is 0.492. The van der Waals surface area contributed by atoms with E-state index in [0.29, 0.717) is 18.1 Å². The fraction of sp³-hybridized carbons (Fsp3) is 0.400. The predicted molar refractivity (Wildman–Crippen MR) is 106 cm³/mol. The van der Waals surface area contributed by atoms with E-state index in [1.807, 2.05) is 6.92 Å². The number of benzene rings is 1. The van der Waals surface area contributed by atoms with Crippen molar-refractivity contribution >= 4 is 23.7 Å². The van der Waals surface area contributed by atoms with Gasteiger partial charge in [0, 0.05) is 13.1 Å². The number of carbonyl (C=O) groups is 1. The summed E-state index contributed by atoms with van der Waals surface area (Å²) in [4.78, 5) is 24.6. The highest BCUT2D eigenvalue weighted by Crippen LogP contribution is 2.30. The summed E-state index contributed by atoms with van der Waals surface area (Å²) in [5.41, 5.74) is 0.790. The van der Waals surface area contributed by atoms with Crippen LogP contribution >= 0.6 is 0 Å². The van der Waals surface area contributed by atoms with Crippen molar-refractivity contribution in [1.82, 2.24) is 10.1 Å². The third kappa shape index (κ3) is 4.92. The third-order valence-electron chi connectivity index (χ3n) is 4.54. The lowest BCUT2D eigenvalue weighted by Gasteiger charge is -2.17. The lowest BCUT2D eigenvalue weighted by molar-refractivity contribution is -0.386. The van der Waals surface area contributed by atoms with E-state index >= 15 is 0 Å². The number of aromatic nitrogens is 1. The average molecular weight is 401 g/mol. The van der Waals surface area contributed by atoms with Crippen molar-refractivity contribution in [2.24, 2.45) is 0 Å². The predicted octanol–water partition coefficient (Wildman–Crippen LogP) is 3.46. The van der Waals surface area contributed by atoms with Gasteiger partial charge in [0.2, 0.25) is 5.76 Å². The Morgan fingerprint density at radius 3 is 2.72 bits per heavy atom. The largest absolute Gasteiger partial charge is 0.490 e. The Hall–Kier alpha value is -3.36. The number of aryl methyl sites for hydroxylation is 1. The van der Waals surface area contributed by atoms with Crippen LogP contribution < -0.4 is 9.47 Å². The molecule has 0 atom stereocenters. The molecule has 1 aliphatic heterocycles. The molecule has 9 nitrogen and oxygen atoms in total. The molecule has 1 fully saturated rings. The summed E-state index contributed by atoms with van der Waals surface area (Å²) in [6, 6.07) is 5.22. The fourth-order valence-corrected chi connectivity index (χ4v) is 3.10. The molecule has 1 aromatic carbocycles. The fourth-order valence-electron chi connectivity index (χ4n) is 3.10. The van der Waals surface area contributed by atoms with Crippen LogP contribution in [0.4, 0.5) is 5.69 Å². The first-order chi connectivity index (χ1) is 14.0. The third-order valence-corrected chi connectivity index (χ3v) is 4.54. The van der Waals surface area contributed by atoms with E-state index < -0.39 is 4.92 Å². The van der Waals surface area contributed by atoms with Crippen molar-refractivity contribution in [2.45, 2.75) is 26.7 Å². The smallest absolute Gasteiger partial charge is 0.338 e. The first kappa shape index (κ1) is 20.4. The van der Waals surface area contributed by atoms with Crippen LogP contribution in [0.1, 0.15) is 36.8 Å². The molecule has 2 heterocycles. The van der Waals surface area contributed by atoms with Gasteiger partial charge in [-0.15, -0.1) is 0 Å². The van der Waals surface area contributed by atoms with Gasteiger partial charge in [-0.05, 0) is 50.5 Å². The Bertz CT molecular complexity index is 915. The van der Waals surface area contributed by atoms with Crippen LogP contribution in [0, 0.1) is 17.0 Å². The van der Waals surface area contributed by atoms with E-state index in [0.717, 1.165) is 31.5 Å². The molecule has 1 aromatic heterocycles. The monoisotopic (exact) mass is 401 g/mol. The van der Waals surface area contributed by atoms with E-state index in [9.17, 15) is 14.9 Å². The zero-order valence-corrected chi connectivity index (χ0v) is 16.4. The number of nitrogens with zero attached hydrogens (tertiary/aromatic N) is 3. The van der Waals surface area contributed by atoms with Crippen molar-refractivity contribution in [2.75, 3.05) is 26.3 Å². The number of ether oxygens (including phenoxy) is 2. The lowest BCUT2D eigenvalue weighted by Crippen LogP contribution is -2.32. The normalized spacial score (nSPS) is 13.8. The second kappa shape index (κ2) is 9.22. The molecule has 0 aliphatic carbocycles. The molecule has 1 saturated heterocycles. The van der Waals surface area contributed by atoms with Crippen LogP contribution in [0.25, 0.3) is 12.2 Å². The van der Waals surface area contributed by atoms with Gasteiger partial charge in [-0.25, -0.2) is 0 Å². The number of hydrogen-bond acceptors (Lipinski definition) is 7. The van der Waals surface area contributed by atoms with Gasteiger partial charge in [0.15, 0.2) is 23.8 Å². The number of amides is 1. The summed E-state index contributed by atoms with van der Waals surface area (Å²) >= 11 is 0. The van der Waals surface area contributed by atoms with Crippen molar-refractivity contribution in [1.29, 1.82) is 0 Å². The maximum absolute atomic E-state index is 12.2. The maximum atomic E-state index is 12.2. The SMILES string of the molecule is CCOc1cc(C=Cc2onc(C)c2[N+](=O)[O-])ccc1OCC(=O)N1CCCC1. The second-order valence-electron chi connectivity index (χ2n) is 6.59. The molecule has 3 rings (SSSR count). The van der Waals surface area contributed by atoms with Crippen LogP contribution in [-0.2, 0) is 4.79 Å². The Labute approximate surface area is 168 Å². The highest BCUT2D eigenvalue weighted by molar-refractivity contribution is 5.78. The first-order valence-electron chi connectivity index (χ1n) is 9.45. The minimum Gasteiger partial charge on any atom is -0.490 e. The van der Waals surface area contributed by atoms with Crippen LogP contribution in [0.15, 0.2) is 22.7 Å². The van der Waals surface area contributed by atoms with Crippen LogP contribution in [0.2, 0.25) is 0 Å². The minimum atomic E-state index is -0.522. The molecular weight excluding hydrogens is 378 g/mol. The number of rotatable bonds is 8. The van der Waals surface area contributed by atoms with Crippen molar-refractivity contribution in [3.05, 3.63) is 45.3 Å². The summed E-state index contributed by atoms with van der Waals surface area (Å²) < 4.78 is 16.3. The topological polar surface area (TPSA) is 108 Å². The van der Waals surface area contributed by atoms with Crippen molar-refractivity contribution in [3.8, 4) is 11.5 Å². The van der Waals surface area contributed by atoms with Crippen molar-refractivity contribution in [3.63, 3.8) is 0 Å². The highest BCUT2D eigenvalue weighted by atomic mass is 16.6. The van der Waals surface area contributed by atoms with Gasteiger partial charge < -0.3 is 18.9 Å². The Morgan fingerprint density at radius 2 is 2.03 bits per heavy atom. The van der Waals surface area contributed by atoms with Crippen LogP contribution in [0.5, 0.6) is 11.5 Å². The zero-order valence-electron chi connectivity index (χ0n) is 16.4. The molecule has 0 saturated carbocycles. The number of hydrogen-bond donors (Lipinski definition) is 0. The summed E-state index contributed by atoms with van der Waals surface area (Å²) in [5.74, 6) is 0.995. The number of likely N-dealkylation sites (tertiary alicyclic amines) is 1. The van der Waals surface area contributed by atoms with E-state index in [-0.39, 0.29) is 29.7 Å². The second-order valence-corrected chi connectivity index (χ2v) is 6.59. The van der Waals surface area contributed by atoms with Gasteiger partial charge in [-0.2, -0.15) is 0 Å². The molecule has 0 radical (unpaired) electrons. The van der Waals surface area contributed by atoms with Gasteiger partial charge in [0.25, 0.3) is 5.91 Å². The molecule has 1 amide bonds. The maximum Gasteiger partial charge on any atom is 0.338 e. The van der Waals surface area contributed by atoms with E-state index in [4.69, 9.17) is 14.0 Å². The molecule has 2 aromatic rings. The van der Waals surface area contributed by atoms with Gasteiger partial charge >= 0.3 is 5.69 Å². The van der Waals surface area contributed by atoms with Crippen LogP contribution in [0.3, 0.4) is 0 Å². The molecule has 154 valence electrons. The Balaban J connectivity index is 1.73. The Kier molecular flexibility index (Phi) is 6.48. The molecule has 0 N–H and O–H groups in total. The summed E-state index contributed by atoms with van der Waals surface area (Å²) in [5, 5.41) is 14.8. The summed E-state index contributed by atoms with van der Waals surface area (Å²) in [7, 11) is 0. The summed E-state index contributed by atoms with van der Waals surface area (Å²) in [6.07, 6.45) is 5.20. The molecule has 0 unspecified atom stereocenters. The molecule has 9 heteroatoms. The Morgan fingerprint density at radius 1 is 1.28 bits per heavy atom. The first-order valence-corrected chi connectivity index (χ1v) is 9.45. The molecule has 1 aliphatic rings. The van der Waals surface area contributed by atoms with Gasteiger partial charge in [0.1, 0.15) is 0 Å². The number of carbonyl (C=O) groups excluding carboxylic acids is 1. The molecule has 29 heavy (non-hydrogen) atoms. The van der Waals surface area contributed by atoms with E-state index in [1.165, 1.54) is 13.0 Å². The average Bonchev–Trinajstić information content (AvgIpc) is 3.35. The van der Waals surface area contributed by atoms with Gasteiger partial charge in [0.05, 0.1) is 11.5 Å². The molecule has 0 bridgehead atoms.